The first-order chi connectivity index (χ1) is 20.9. The minimum absolute atomic E-state index is 0.00183. The third-order valence-corrected chi connectivity index (χ3v) is 8.41. The second-order valence-electron chi connectivity index (χ2n) is 10.1. The van der Waals surface area contributed by atoms with Crippen molar-refractivity contribution in [2.45, 2.75) is 42.7 Å². The third kappa shape index (κ3) is 9.63. The Bertz CT molecular complexity index is 1670. The van der Waals surface area contributed by atoms with E-state index in [1.165, 1.54) is 30.3 Å². The molecule has 4 aromatic rings. The number of rotatable bonds is 13. The smallest absolute Gasteiger partial charge is 0.390 e. The highest BCUT2D eigenvalue weighted by atomic mass is 35.5. The number of hydrogen-bond acceptors (Lipinski definition) is 5. The van der Waals surface area contributed by atoms with E-state index in [4.69, 9.17) is 11.6 Å². The number of carbonyl (C=O) groups is 1. The van der Waals surface area contributed by atoms with Crippen molar-refractivity contribution in [2.75, 3.05) is 6.54 Å². The van der Waals surface area contributed by atoms with E-state index in [9.17, 15) is 31.5 Å². The van der Waals surface area contributed by atoms with E-state index in [0.717, 1.165) is 17.7 Å². The van der Waals surface area contributed by atoms with Gasteiger partial charge in [-0.1, -0.05) is 78.3 Å². The van der Waals surface area contributed by atoms with Crippen LogP contribution in [0.25, 0.3) is 0 Å². The van der Waals surface area contributed by atoms with Gasteiger partial charge in [0.25, 0.3) is 5.91 Å². The highest BCUT2D eigenvalue weighted by Gasteiger charge is 2.30. The molecule has 0 saturated heterocycles. The Morgan fingerprint density at radius 3 is 2.18 bits per heavy atom. The average Bonchev–Trinajstić information content (AvgIpc) is 3.00. The number of carbonyl (C=O) groups excluding carboxylic acids is 1. The van der Waals surface area contributed by atoms with E-state index < -0.39 is 39.8 Å². The van der Waals surface area contributed by atoms with Crippen LogP contribution in [0.3, 0.4) is 0 Å². The van der Waals surface area contributed by atoms with Gasteiger partial charge in [-0.2, -0.15) is 13.2 Å². The Kier molecular flexibility index (Phi) is 11.2. The summed E-state index contributed by atoms with van der Waals surface area (Å²) in [6.45, 7) is 0.0309. The minimum atomic E-state index is -4.47. The molecule has 4 aromatic carbocycles. The normalized spacial score (nSPS) is 13.3. The van der Waals surface area contributed by atoms with Gasteiger partial charge in [0.05, 0.1) is 22.6 Å². The first-order valence-corrected chi connectivity index (χ1v) is 15.5. The van der Waals surface area contributed by atoms with Crippen molar-refractivity contribution >= 4 is 27.5 Å². The number of aliphatic hydroxyl groups excluding tert-OH is 1. The van der Waals surface area contributed by atoms with Gasteiger partial charge in [0.2, 0.25) is 10.0 Å². The Balaban J connectivity index is 1.44. The van der Waals surface area contributed by atoms with Crippen molar-refractivity contribution in [3.05, 3.63) is 136 Å². The summed E-state index contributed by atoms with van der Waals surface area (Å²) < 4.78 is 67.6. The second kappa shape index (κ2) is 14.8. The maximum Gasteiger partial charge on any atom is 0.416 e. The van der Waals surface area contributed by atoms with Crippen molar-refractivity contribution in [1.29, 1.82) is 0 Å². The molecule has 0 aromatic heterocycles. The number of aliphatic hydroxyl groups is 1. The van der Waals surface area contributed by atoms with Crippen molar-refractivity contribution in [1.82, 2.24) is 15.4 Å². The van der Waals surface area contributed by atoms with Crippen molar-refractivity contribution in [3.63, 3.8) is 0 Å². The molecule has 0 aliphatic carbocycles. The van der Waals surface area contributed by atoms with Crippen LogP contribution >= 0.6 is 11.6 Å². The highest BCUT2D eigenvalue weighted by Crippen LogP contribution is 2.29. The molecule has 2 unspecified atom stereocenters. The maximum absolute atomic E-state index is 13.3. The molecule has 0 aliphatic heterocycles. The number of sulfonamides is 1. The van der Waals surface area contributed by atoms with Gasteiger partial charge in [-0.3, -0.25) is 4.79 Å². The zero-order valence-corrected chi connectivity index (χ0v) is 25.0. The third-order valence-electron chi connectivity index (χ3n) is 6.78. The molecule has 44 heavy (non-hydrogen) atoms. The first-order valence-electron chi connectivity index (χ1n) is 13.6. The summed E-state index contributed by atoms with van der Waals surface area (Å²) in [5.74, 6) is -0.602. The fraction of sp³-hybridized carbons (Fsp3) is 0.219. The minimum Gasteiger partial charge on any atom is -0.390 e. The summed E-state index contributed by atoms with van der Waals surface area (Å²) in [4.78, 5) is 13.2. The fourth-order valence-electron chi connectivity index (χ4n) is 4.48. The summed E-state index contributed by atoms with van der Waals surface area (Å²) in [6.07, 6.45) is -5.35. The van der Waals surface area contributed by atoms with Crippen LogP contribution < -0.4 is 15.4 Å². The quantitative estimate of drug-likeness (QED) is 0.157. The van der Waals surface area contributed by atoms with E-state index in [-0.39, 0.29) is 36.5 Å². The molecule has 0 heterocycles. The van der Waals surface area contributed by atoms with Crippen molar-refractivity contribution < 1.29 is 31.5 Å². The van der Waals surface area contributed by atoms with Crippen LogP contribution in [-0.2, 0) is 35.7 Å². The summed E-state index contributed by atoms with van der Waals surface area (Å²) in [6, 6.07) is 25.5. The molecule has 2 atom stereocenters. The van der Waals surface area contributed by atoms with Gasteiger partial charge in [0.1, 0.15) is 0 Å². The number of amides is 1. The van der Waals surface area contributed by atoms with Crippen LogP contribution in [-0.4, -0.2) is 38.1 Å². The zero-order chi connectivity index (χ0) is 31.7. The van der Waals surface area contributed by atoms with Crippen molar-refractivity contribution in [2.24, 2.45) is 0 Å². The molecule has 7 nitrogen and oxygen atoms in total. The lowest BCUT2D eigenvalue weighted by molar-refractivity contribution is -0.137. The van der Waals surface area contributed by atoms with Gasteiger partial charge in [-0.15, -0.1) is 0 Å². The maximum atomic E-state index is 13.3. The van der Waals surface area contributed by atoms with Crippen LogP contribution in [0, 0.1) is 0 Å². The van der Waals surface area contributed by atoms with Gasteiger partial charge in [0.15, 0.2) is 0 Å². The molecule has 0 fully saturated rings. The van der Waals surface area contributed by atoms with Gasteiger partial charge < -0.3 is 15.7 Å². The lowest BCUT2D eigenvalue weighted by atomic mass is 10.0. The number of hydrogen-bond donors (Lipinski definition) is 4. The lowest BCUT2D eigenvalue weighted by Crippen LogP contribution is -2.48. The molecule has 1 amide bonds. The summed E-state index contributed by atoms with van der Waals surface area (Å²) >= 11 is 5.98. The molecular formula is C32H31ClF3N3O4S. The van der Waals surface area contributed by atoms with Crippen LogP contribution in [0.15, 0.2) is 108 Å². The van der Waals surface area contributed by atoms with Crippen molar-refractivity contribution in [3.8, 4) is 0 Å². The Morgan fingerprint density at radius 2 is 1.48 bits per heavy atom. The predicted octanol–water partition coefficient (Wildman–Crippen LogP) is 5.33. The van der Waals surface area contributed by atoms with Crippen LogP contribution in [0.5, 0.6) is 0 Å². The largest absolute Gasteiger partial charge is 0.416 e. The summed E-state index contributed by atoms with van der Waals surface area (Å²) in [5, 5.41) is 17.3. The molecule has 232 valence electrons. The Morgan fingerprint density at radius 1 is 0.818 bits per heavy atom. The molecule has 0 saturated carbocycles. The highest BCUT2D eigenvalue weighted by molar-refractivity contribution is 7.89. The van der Waals surface area contributed by atoms with Gasteiger partial charge in [-0.05, 0) is 59.5 Å². The Labute approximate surface area is 259 Å². The molecule has 0 spiro atoms. The number of benzene rings is 4. The number of alkyl halides is 3. The molecule has 0 aliphatic rings. The molecule has 4 rings (SSSR count). The number of nitrogens with one attached hydrogen (secondary N) is 3. The van der Waals surface area contributed by atoms with E-state index >= 15 is 0 Å². The Hall–Kier alpha value is -3.74. The van der Waals surface area contributed by atoms with Gasteiger partial charge >= 0.3 is 6.18 Å². The lowest BCUT2D eigenvalue weighted by Gasteiger charge is -2.25. The van der Waals surface area contributed by atoms with E-state index in [1.54, 1.807) is 30.3 Å². The summed E-state index contributed by atoms with van der Waals surface area (Å²) in [7, 11) is -3.97. The topological polar surface area (TPSA) is 108 Å². The standard InChI is InChI=1S/C32H31ClF3N3O4S/c33-27-13-5-10-24(16-27)20-38-44(42,43)28-14-6-11-25(18-28)31(41)39-29(17-22-7-2-1-3-8-22)30(40)21-37-19-23-9-4-12-26(15-23)32(34,35)36/h1-16,18,29-30,37-38,40H,17,19-21H2,(H,39,41). The van der Waals surface area contributed by atoms with Gasteiger partial charge in [-0.25, -0.2) is 13.1 Å². The van der Waals surface area contributed by atoms with E-state index in [0.29, 0.717) is 16.1 Å². The molecular weight excluding hydrogens is 615 g/mol. The predicted molar refractivity (Wildman–Crippen MR) is 162 cm³/mol. The van der Waals surface area contributed by atoms with E-state index in [1.807, 2.05) is 30.3 Å². The van der Waals surface area contributed by atoms with Crippen LogP contribution in [0.1, 0.15) is 32.6 Å². The van der Waals surface area contributed by atoms with Gasteiger partial charge in [0, 0.05) is 30.2 Å². The average molecular weight is 646 g/mol. The van der Waals surface area contributed by atoms with E-state index in [2.05, 4.69) is 15.4 Å². The molecule has 0 bridgehead atoms. The summed E-state index contributed by atoms with van der Waals surface area (Å²) in [5.41, 5.74) is 1.18. The molecule has 4 N–H and O–H groups in total. The molecule has 0 radical (unpaired) electrons. The SMILES string of the molecule is O=C(NC(Cc1ccccc1)C(O)CNCc1cccc(C(F)(F)F)c1)c1cccc(S(=O)(=O)NCc2cccc(Cl)c2)c1. The number of halogens is 4. The van der Waals surface area contributed by atoms with Crippen LogP contribution in [0.2, 0.25) is 5.02 Å². The zero-order valence-electron chi connectivity index (χ0n) is 23.4. The molecule has 12 heteroatoms. The second-order valence-corrected chi connectivity index (χ2v) is 12.4. The monoisotopic (exact) mass is 645 g/mol. The first kappa shape index (κ1) is 33.2. The van der Waals surface area contributed by atoms with Crippen LogP contribution in [0.4, 0.5) is 13.2 Å². The fourth-order valence-corrected chi connectivity index (χ4v) is 5.76.